The molecule has 1 aromatic heterocycles. The van der Waals surface area contributed by atoms with E-state index in [-0.39, 0.29) is 10.9 Å². The van der Waals surface area contributed by atoms with Crippen LogP contribution in [0.2, 0.25) is 0 Å². The number of sulfonamides is 1. The van der Waals surface area contributed by atoms with Crippen LogP contribution in [0.5, 0.6) is 0 Å². The summed E-state index contributed by atoms with van der Waals surface area (Å²) in [5.74, 6) is 3.05. The normalized spacial score (nSPS) is 20.6. The SMILES string of the molecule is CNCc1cc(S(=O)(=O)NC2CCCSC2)c(C)o1. The zero-order chi connectivity index (χ0) is 13.9. The lowest BCUT2D eigenvalue weighted by molar-refractivity contribution is 0.465. The molecule has 108 valence electrons. The monoisotopic (exact) mass is 304 g/mol. The quantitative estimate of drug-likeness (QED) is 0.862. The van der Waals surface area contributed by atoms with E-state index in [0.29, 0.717) is 18.1 Å². The summed E-state index contributed by atoms with van der Waals surface area (Å²) in [6.45, 7) is 2.21. The fourth-order valence-electron chi connectivity index (χ4n) is 2.17. The van der Waals surface area contributed by atoms with E-state index in [1.165, 1.54) is 0 Å². The van der Waals surface area contributed by atoms with Gasteiger partial charge in [-0.15, -0.1) is 0 Å². The summed E-state index contributed by atoms with van der Waals surface area (Å²) >= 11 is 1.80. The molecule has 0 radical (unpaired) electrons. The van der Waals surface area contributed by atoms with Crippen molar-refractivity contribution in [3.63, 3.8) is 0 Å². The highest BCUT2D eigenvalue weighted by atomic mass is 32.2. The van der Waals surface area contributed by atoms with Gasteiger partial charge in [0.05, 0.1) is 6.54 Å². The van der Waals surface area contributed by atoms with Gasteiger partial charge in [-0.05, 0) is 32.6 Å². The molecule has 2 N–H and O–H groups in total. The highest BCUT2D eigenvalue weighted by molar-refractivity contribution is 7.99. The Morgan fingerprint density at radius 1 is 1.53 bits per heavy atom. The van der Waals surface area contributed by atoms with Crippen molar-refractivity contribution in [3.8, 4) is 0 Å². The summed E-state index contributed by atoms with van der Waals surface area (Å²) in [5.41, 5.74) is 0. The predicted octanol–water partition coefficient (Wildman–Crippen LogP) is 1.48. The summed E-state index contributed by atoms with van der Waals surface area (Å²) in [4.78, 5) is 0.258. The molecular formula is C12H20N2O3S2. The second-order valence-electron chi connectivity index (χ2n) is 4.70. The van der Waals surface area contributed by atoms with E-state index in [1.807, 2.05) is 0 Å². The van der Waals surface area contributed by atoms with E-state index in [9.17, 15) is 8.42 Å². The van der Waals surface area contributed by atoms with E-state index < -0.39 is 10.0 Å². The third-order valence-corrected chi connectivity index (χ3v) is 5.89. The van der Waals surface area contributed by atoms with E-state index >= 15 is 0 Å². The zero-order valence-corrected chi connectivity index (χ0v) is 12.9. The Kier molecular flexibility index (Phi) is 4.94. The molecule has 5 nitrogen and oxygen atoms in total. The molecule has 1 aliphatic rings. The molecule has 0 bridgehead atoms. The average molecular weight is 304 g/mol. The lowest BCUT2D eigenvalue weighted by atomic mass is 10.2. The molecular weight excluding hydrogens is 284 g/mol. The number of thioether (sulfide) groups is 1. The minimum atomic E-state index is -3.47. The van der Waals surface area contributed by atoms with Gasteiger partial charge < -0.3 is 9.73 Å². The number of furan rings is 1. The molecule has 0 aliphatic carbocycles. The average Bonchev–Trinajstić information content (AvgIpc) is 2.72. The number of hydrogen-bond acceptors (Lipinski definition) is 5. The maximum atomic E-state index is 12.3. The molecule has 1 aromatic rings. The van der Waals surface area contributed by atoms with E-state index in [0.717, 1.165) is 24.3 Å². The topological polar surface area (TPSA) is 71.3 Å². The molecule has 0 aromatic carbocycles. The van der Waals surface area contributed by atoms with Crippen molar-refractivity contribution >= 4 is 21.8 Å². The molecule has 1 aliphatic heterocycles. The van der Waals surface area contributed by atoms with Gasteiger partial charge in [0, 0.05) is 17.9 Å². The molecule has 1 fully saturated rings. The Bertz CT molecular complexity index is 519. The van der Waals surface area contributed by atoms with E-state index in [2.05, 4.69) is 10.0 Å². The molecule has 0 amide bonds. The van der Waals surface area contributed by atoms with Crippen LogP contribution in [0.4, 0.5) is 0 Å². The van der Waals surface area contributed by atoms with Crippen molar-refractivity contribution in [1.82, 2.24) is 10.0 Å². The van der Waals surface area contributed by atoms with Gasteiger partial charge in [0.2, 0.25) is 10.0 Å². The largest absolute Gasteiger partial charge is 0.464 e. The summed E-state index contributed by atoms with van der Waals surface area (Å²) in [5, 5.41) is 2.95. The third-order valence-electron chi connectivity index (χ3n) is 3.05. The van der Waals surface area contributed by atoms with Crippen LogP contribution in [-0.2, 0) is 16.6 Å². The van der Waals surface area contributed by atoms with Crippen LogP contribution in [0, 0.1) is 6.92 Å². The van der Waals surface area contributed by atoms with Crippen molar-refractivity contribution < 1.29 is 12.8 Å². The first-order valence-electron chi connectivity index (χ1n) is 6.37. The van der Waals surface area contributed by atoms with Gasteiger partial charge in [0.1, 0.15) is 16.4 Å². The Morgan fingerprint density at radius 3 is 2.95 bits per heavy atom. The lowest BCUT2D eigenvalue weighted by Gasteiger charge is -2.22. The van der Waals surface area contributed by atoms with Gasteiger partial charge in [-0.1, -0.05) is 0 Å². The van der Waals surface area contributed by atoms with Gasteiger partial charge in [0.15, 0.2) is 0 Å². The number of nitrogens with one attached hydrogen (secondary N) is 2. The summed E-state index contributed by atoms with van der Waals surface area (Å²) in [6, 6.07) is 1.63. The summed E-state index contributed by atoms with van der Waals surface area (Å²) in [7, 11) is -1.68. The third kappa shape index (κ3) is 3.75. The second-order valence-corrected chi connectivity index (χ2v) is 7.53. The molecule has 7 heteroatoms. The molecule has 2 rings (SSSR count). The van der Waals surface area contributed by atoms with Crippen molar-refractivity contribution in [1.29, 1.82) is 0 Å². The summed E-state index contributed by atoms with van der Waals surface area (Å²) in [6.07, 6.45) is 1.97. The maximum absolute atomic E-state index is 12.3. The first-order valence-corrected chi connectivity index (χ1v) is 9.00. The van der Waals surface area contributed by atoms with Crippen LogP contribution in [0.1, 0.15) is 24.4 Å². The molecule has 0 saturated carbocycles. The molecule has 2 heterocycles. The number of rotatable bonds is 5. The Morgan fingerprint density at radius 2 is 2.32 bits per heavy atom. The Labute approximate surface area is 118 Å². The molecule has 1 atom stereocenters. The van der Waals surface area contributed by atoms with Crippen LogP contribution in [-0.4, -0.2) is 33.0 Å². The van der Waals surface area contributed by atoms with Gasteiger partial charge in [0.25, 0.3) is 0 Å². The van der Waals surface area contributed by atoms with Crippen LogP contribution < -0.4 is 10.0 Å². The number of aryl methyl sites for hydroxylation is 1. The van der Waals surface area contributed by atoms with Gasteiger partial charge in [-0.25, -0.2) is 13.1 Å². The van der Waals surface area contributed by atoms with Gasteiger partial charge in [-0.2, -0.15) is 11.8 Å². The van der Waals surface area contributed by atoms with Crippen molar-refractivity contribution in [2.45, 2.75) is 37.2 Å². The highest BCUT2D eigenvalue weighted by Crippen LogP contribution is 2.23. The highest BCUT2D eigenvalue weighted by Gasteiger charge is 2.25. The smallest absolute Gasteiger partial charge is 0.244 e. The van der Waals surface area contributed by atoms with Crippen molar-refractivity contribution in [3.05, 3.63) is 17.6 Å². The Hall–Kier alpha value is -0.500. The molecule has 0 spiro atoms. The van der Waals surface area contributed by atoms with Crippen molar-refractivity contribution in [2.24, 2.45) is 0 Å². The maximum Gasteiger partial charge on any atom is 0.244 e. The Balaban J connectivity index is 2.14. The van der Waals surface area contributed by atoms with Crippen LogP contribution in [0.25, 0.3) is 0 Å². The lowest BCUT2D eigenvalue weighted by Crippen LogP contribution is -2.38. The molecule has 19 heavy (non-hydrogen) atoms. The molecule has 1 saturated heterocycles. The minimum Gasteiger partial charge on any atom is -0.464 e. The van der Waals surface area contributed by atoms with Crippen molar-refractivity contribution in [2.75, 3.05) is 18.6 Å². The van der Waals surface area contributed by atoms with Crippen LogP contribution in [0.15, 0.2) is 15.4 Å². The second kappa shape index (κ2) is 6.30. The molecule has 1 unspecified atom stereocenters. The van der Waals surface area contributed by atoms with Gasteiger partial charge >= 0.3 is 0 Å². The van der Waals surface area contributed by atoms with Gasteiger partial charge in [-0.3, -0.25) is 0 Å². The standard InChI is InChI=1S/C12H20N2O3S2/c1-9-12(6-11(17-9)7-13-2)19(15,16)14-10-4-3-5-18-8-10/h6,10,13-14H,3-5,7-8H2,1-2H3. The predicted molar refractivity (Wildman–Crippen MR) is 76.9 cm³/mol. The number of hydrogen-bond donors (Lipinski definition) is 2. The minimum absolute atomic E-state index is 0.0331. The fourth-order valence-corrected chi connectivity index (χ4v) is 4.82. The first kappa shape index (κ1) is 14.9. The fraction of sp³-hybridized carbons (Fsp3) is 0.667. The summed E-state index contributed by atoms with van der Waals surface area (Å²) < 4.78 is 32.9. The first-order chi connectivity index (χ1) is 9.03. The van der Waals surface area contributed by atoms with E-state index in [4.69, 9.17) is 4.42 Å². The zero-order valence-electron chi connectivity index (χ0n) is 11.2. The van der Waals surface area contributed by atoms with E-state index in [1.54, 1.807) is 31.8 Å². The van der Waals surface area contributed by atoms with Crippen LogP contribution in [0.3, 0.4) is 0 Å². The van der Waals surface area contributed by atoms with Crippen LogP contribution >= 0.6 is 11.8 Å².